The van der Waals surface area contributed by atoms with Gasteiger partial charge in [0.1, 0.15) is 5.70 Å². The molecule has 3 heterocycles. The largest absolute Gasteiger partial charge is 0.390 e. The number of piperidine rings is 1. The van der Waals surface area contributed by atoms with Crippen molar-refractivity contribution in [2.45, 2.75) is 51.3 Å². The highest BCUT2D eigenvalue weighted by molar-refractivity contribution is 6.30. The summed E-state index contributed by atoms with van der Waals surface area (Å²) >= 11 is 6.14. The van der Waals surface area contributed by atoms with E-state index in [4.69, 9.17) is 26.8 Å². The van der Waals surface area contributed by atoms with Gasteiger partial charge in [0.2, 0.25) is 0 Å². The molecule has 0 spiro atoms. The van der Waals surface area contributed by atoms with Crippen molar-refractivity contribution in [3.05, 3.63) is 52.3 Å². The summed E-state index contributed by atoms with van der Waals surface area (Å²) in [6, 6.07) is 6.64. The Morgan fingerprint density at radius 3 is 2.54 bits per heavy atom. The van der Waals surface area contributed by atoms with Crippen LogP contribution in [-0.4, -0.2) is 99.8 Å². The van der Waals surface area contributed by atoms with E-state index in [9.17, 15) is 4.79 Å². The van der Waals surface area contributed by atoms with Gasteiger partial charge in [0.15, 0.2) is 0 Å². The van der Waals surface area contributed by atoms with E-state index in [1.165, 1.54) is 17.6 Å². The van der Waals surface area contributed by atoms with Crippen molar-refractivity contribution in [3.8, 4) is 0 Å². The van der Waals surface area contributed by atoms with Gasteiger partial charge in [-0.15, -0.1) is 0 Å². The molecule has 1 amide bonds. The first-order valence-corrected chi connectivity index (χ1v) is 14.3. The number of likely N-dealkylation sites (tertiary alicyclic amines) is 1. The molecule has 0 bridgehead atoms. The van der Waals surface area contributed by atoms with E-state index < -0.39 is 0 Å². The number of rotatable bonds is 8. The quantitative estimate of drug-likeness (QED) is 0.219. The molecule has 1 aromatic carbocycles. The van der Waals surface area contributed by atoms with Crippen LogP contribution in [0.3, 0.4) is 0 Å². The lowest BCUT2D eigenvalue weighted by molar-refractivity contribution is -0.128. The number of hydrogen-bond acceptors (Lipinski definition) is 7. The number of hydrogen-bond donors (Lipinski definition) is 2. The number of amides is 1. The van der Waals surface area contributed by atoms with Gasteiger partial charge in [-0.2, -0.15) is 0 Å². The lowest BCUT2D eigenvalue weighted by Gasteiger charge is -2.39. The van der Waals surface area contributed by atoms with Gasteiger partial charge < -0.3 is 35.2 Å². The smallest absolute Gasteiger partial charge is 0.272 e. The monoisotopic (exact) mass is 558 g/mol. The topological polar surface area (TPSA) is 95.7 Å². The molecule has 0 aromatic heterocycles. The number of aliphatic imine (C=N–C) groups is 1. The normalized spacial score (nSPS) is 23.7. The minimum absolute atomic E-state index is 0.0672. The van der Waals surface area contributed by atoms with E-state index in [1.54, 1.807) is 7.11 Å². The highest BCUT2D eigenvalue weighted by atomic mass is 35.5. The van der Waals surface area contributed by atoms with E-state index in [0.717, 1.165) is 68.3 Å². The number of ether oxygens (including phenoxy) is 2. The number of allylic oxidation sites excluding steroid dienone is 1. The van der Waals surface area contributed by atoms with Crippen LogP contribution in [0.15, 0.2) is 46.7 Å². The second-order valence-corrected chi connectivity index (χ2v) is 11.0. The molecule has 3 fully saturated rings. The SMILES string of the molecule is C=C(/C(C)=C(\N=CN)C(=O)N1CCC(NC2CCOCC2OC)CC1)N1CCN(c2ccc(Cl)cc2C)CC1. The second kappa shape index (κ2) is 13.7. The lowest BCUT2D eigenvalue weighted by atomic mass is 9.99. The fourth-order valence-corrected chi connectivity index (χ4v) is 6.01. The second-order valence-electron chi connectivity index (χ2n) is 10.6. The number of carbonyl (C=O) groups is 1. The fraction of sp³-hybridized carbons (Fsp3) is 0.586. The van der Waals surface area contributed by atoms with Crippen molar-refractivity contribution in [3.63, 3.8) is 0 Å². The van der Waals surface area contributed by atoms with E-state index in [2.05, 4.69) is 39.7 Å². The molecule has 0 saturated carbocycles. The third kappa shape index (κ3) is 7.14. The number of carbonyl (C=O) groups excluding carboxylic acids is 1. The van der Waals surface area contributed by atoms with Crippen LogP contribution in [0.1, 0.15) is 31.7 Å². The van der Waals surface area contributed by atoms with Gasteiger partial charge in [0, 0.05) is 87.0 Å². The predicted molar refractivity (Wildman–Crippen MR) is 157 cm³/mol. The number of halogens is 1. The summed E-state index contributed by atoms with van der Waals surface area (Å²) in [4.78, 5) is 24.4. The minimum atomic E-state index is -0.0925. The maximum Gasteiger partial charge on any atom is 0.272 e. The van der Waals surface area contributed by atoms with Crippen LogP contribution in [0.5, 0.6) is 0 Å². The first-order valence-electron chi connectivity index (χ1n) is 13.9. The Morgan fingerprint density at radius 1 is 1.18 bits per heavy atom. The Labute approximate surface area is 237 Å². The molecular weight excluding hydrogens is 516 g/mol. The van der Waals surface area contributed by atoms with Crippen LogP contribution in [0.25, 0.3) is 0 Å². The van der Waals surface area contributed by atoms with Crippen molar-refractivity contribution in [1.29, 1.82) is 0 Å². The molecular formula is C29H43ClN6O3. The Kier molecular flexibility index (Phi) is 10.3. The molecule has 10 heteroatoms. The Bertz CT molecular complexity index is 1080. The van der Waals surface area contributed by atoms with Crippen LogP contribution in [0.4, 0.5) is 5.69 Å². The van der Waals surface area contributed by atoms with Gasteiger partial charge >= 0.3 is 0 Å². The molecule has 1 aromatic rings. The summed E-state index contributed by atoms with van der Waals surface area (Å²) in [5.41, 5.74) is 10.0. The van der Waals surface area contributed by atoms with E-state index in [0.29, 0.717) is 31.4 Å². The highest BCUT2D eigenvalue weighted by Crippen LogP contribution is 2.27. The first-order chi connectivity index (χ1) is 18.8. The van der Waals surface area contributed by atoms with Crippen molar-refractivity contribution in [2.24, 2.45) is 10.7 Å². The standard InChI is InChI=1S/C29H43ClN6O3/c1-20-17-23(30)5-6-26(20)35-14-12-34(13-15-35)22(3)21(2)28(32-19-31)29(37)36-10-7-24(8-11-36)33-25-9-16-39-18-27(25)38-4/h5-6,17,19,24-25,27,33H,3,7-16,18H2,1-2,4H3,(H2,31,32)/b28-21-. The zero-order chi connectivity index (χ0) is 27.9. The summed E-state index contributed by atoms with van der Waals surface area (Å²) < 4.78 is 11.1. The molecule has 3 saturated heterocycles. The summed E-state index contributed by atoms with van der Waals surface area (Å²) in [5, 5.41) is 4.49. The van der Waals surface area contributed by atoms with Crippen molar-refractivity contribution < 1.29 is 14.3 Å². The van der Waals surface area contributed by atoms with Crippen LogP contribution in [0, 0.1) is 6.92 Å². The summed E-state index contributed by atoms with van der Waals surface area (Å²) in [6.07, 6.45) is 3.97. The van der Waals surface area contributed by atoms with Gasteiger partial charge in [0.05, 0.1) is 19.0 Å². The van der Waals surface area contributed by atoms with Gasteiger partial charge in [-0.25, -0.2) is 4.99 Å². The molecule has 214 valence electrons. The Morgan fingerprint density at radius 2 is 1.90 bits per heavy atom. The zero-order valence-electron chi connectivity index (χ0n) is 23.5. The first kappa shape index (κ1) is 29.4. The molecule has 0 aliphatic carbocycles. The average molecular weight is 559 g/mol. The van der Waals surface area contributed by atoms with Gasteiger partial charge in [0.25, 0.3) is 5.91 Å². The molecule has 0 radical (unpaired) electrons. The molecule has 3 N–H and O–H groups in total. The number of piperazine rings is 1. The Hall–Kier alpha value is -2.59. The predicted octanol–water partition coefficient (Wildman–Crippen LogP) is 2.93. The molecule has 3 aliphatic rings. The summed E-state index contributed by atoms with van der Waals surface area (Å²) in [7, 11) is 1.73. The van der Waals surface area contributed by atoms with Gasteiger partial charge in [-0.05, 0) is 56.9 Å². The average Bonchev–Trinajstić information content (AvgIpc) is 2.95. The van der Waals surface area contributed by atoms with E-state index in [-0.39, 0.29) is 18.1 Å². The number of anilines is 1. The maximum atomic E-state index is 13.6. The lowest BCUT2D eigenvalue weighted by Crippen LogP contribution is -2.54. The highest BCUT2D eigenvalue weighted by Gasteiger charge is 2.31. The summed E-state index contributed by atoms with van der Waals surface area (Å²) in [5.74, 6) is -0.0925. The fourth-order valence-electron chi connectivity index (χ4n) is 5.79. The third-order valence-corrected chi connectivity index (χ3v) is 8.43. The van der Waals surface area contributed by atoms with Crippen molar-refractivity contribution in [1.82, 2.24) is 15.1 Å². The van der Waals surface area contributed by atoms with Crippen molar-refractivity contribution >= 4 is 29.5 Å². The number of nitrogens with one attached hydrogen (secondary N) is 1. The number of aryl methyl sites for hydroxylation is 1. The summed E-state index contributed by atoms with van der Waals surface area (Å²) in [6.45, 7) is 14.4. The Balaban J connectivity index is 1.35. The van der Waals surface area contributed by atoms with Crippen molar-refractivity contribution in [2.75, 3.05) is 64.5 Å². The van der Waals surface area contributed by atoms with Crippen LogP contribution in [-0.2, 0) is 14.3 Å². The molecule has 2 atom stereocenters. The molecule has 4 rings (SSSR count). The van der Waals surface area contributed by atoms with Gasteiger partial charge in [-0.1, -0.05) is 18.2 Å². The molecule has 39 heavy (non-hydrogen) atoms. The molecule has 9 nitrogen and oxygen atoms in total. The molecule has 2 unspecified atom stereocenters. The number of benzene rings is 1. The van der Waals surface area contributed by atoms with Crippen LogP contribution in [0.2, 0.25) is 5.02 Å². The number of nitrogens with zero attached hydrogens (tertiary/aromatic N) is 4. The minimum Gasteiger partial charge on any atom is -0.390 e. The number of nitrogens with two attached hydrogens (primary N) is 1. The molecule has 3 aliphatic heterocycles. The van der Waals surface area contributed by atoms with E-state index in [1.807, 2.05) is 24.0 Å². The van der Waals surface area contributed by atoms with Crippen LogP contribution >= 0.6 is 11.6 Å². The zero-order valence-corrected chi connectivity index (χ0v) is 24.3. The number of methoxy groups -OCH3 is 1. The van der Waals surface area contributed by atoms with Gasteiger partial charge in [-0.3, -0.25) is 4.79 Å². The third-order valence-electron chi connectivity index (χ3n) is 8.19. The maximum absolute atomic E-state index is 13.6. The van der Waals surface area contributed by atoms with E-state index >= 15 is 0 Å². The van der Waals surface area contributed by atoms with Crippen LogP contribution < -0.4 is 16.0 Å².